The molecule has 0 amide bonds. The van der Waals surface area contributed by atoms with Gasteiger partial charge in [0.1, 0.15) is 0 Å². The molecule has 0 radical (unpaired) electrons. The van der Waals surface area contributed by atoms with Gasteiger partial charge < -0.3 is 4.43 Å². The molecule has 1 heterocycles. The first kappa shape index (κ1) is 17.1. The van der Waals surface area contributed by atoms with Crippen molar-refractivity contribution in [1.29, 1.82) is 0 Å². The van der Waals surface area contributed by atoms with Crippen LogP contribution in [0.5, 0.6) is 5.88 Å². The summed E-state index contributed by atoms with van der Waals surface area (Å²) in [5, 5.41) is 0.0102. The van der Waals surface area contributed by atoms with Crippen molar-refractivity contribution in [3.63, 3.8) is 0 Å². The second-order valence-corrected chi connectivity index (χ2v) is 12.6. The quantitative estimate of drug-likeness (QED) is 0.836. The van der Waals surface area contributed by atoms with Crippen LogP contribution in [-0.2, 0) is 0 Å². The minimum absolute atomic E-state index is 0.0102. The highest BCUT2D eigenvalue weighted by molar-refractivity contribution is 6.74. The molecule has 0 unspecified atom stereocenters. The Kier molecular flexibility index (Phi) is 4.70. The third kappa shape index (κ3) is 3.54. The molecule has 0 aromatic carbocycles. The summed E-state index contributed by atoms with van der Waals surface area (Å²) >= 11 is 0. The monoisotopic (exact) mass is 324 g/mol. The second-order valence-electron chi connectivity index (χ2n) is 7.85. The summed E-state index contributed by atoms with van der Waals surface area (Å²) in [4.78, 5) is 29.2. The first-order valence-corrected chi connectivity index (χ1v) is 11.1. The smallest absolute Gasteiger partial charge is 0.328 e. The van der Waals surface area contributed by atoms with E-state index in [4.69, 9.17) is 4.43 Å². The number of aromatic nitrogens is 2. The molecule has 1 aliphatic rings. The summed E-state index contributed by atoms with van der Waals surface area (Å²) in [5.74, 6) is 0.598. The fraction of sp³-hybridized carbons (Fsp3) is 0.750. The Bertz CT molecular complexity index is 634. The maximum atomic E-state index is 12.4. The molecule has 0 bridgehead atoms. The van der Waals surface area contributed by atoms with Crippen LogP contribution in [-0.4, -0.2) is 18.3 Å². The standard InChI is InChI=1S/C16H28N2O3Si/c1-16(2,3)22(4,5)21-14-12(11-9-7-6-8-10-11)13(19)17-15(20)18-14/h11H,6-10H2,1-5H3,(H2,17,18,19,20). The van der Waals surface area contributed by atoms with Gasteiger partial charge in [0.05, 0.1) is 5.56 Å². The molecular weight excluding hydrogens is 296 g/mol. The van der Waals surface area contributed by atoms with Gasteiger partial charge in [0, 0.05) is 0 Å². The second kappa shape index (κ2) is 6.06. The molecule has 2 rings (SSSR count). The number of aromatic amines is 2. The summed E-state index contributed by atoms with van der Waals surface area (Å²) < 4.78 is 6.28. The van der Waals surface area contributed by atoms with Crippen LogP contribution in [0, 0.1) is 0 Å². The van der Waals surface area contributed by atoms with Crippen molar-refractivity contribution in [3.8, 4) is 5.88 Å². The molecule has 1 aromatic rings. The summed E-state index contributed by atoms with van der Waals surface area (Å²) in [5.41, 5.74) is -0.133. The van der Waals surface area contributed by atoms with Crippen molar-refractivity contribution in [2.75, 3.05) is 0 Å². The highest BCUT2D eigenvalue weighted by atomic mass is 28.4. The lowest BCUT2D eigenvalue weighted by Gasteiger charge is -2.37. The van der Waals surface area contributed by atoms with Crippen molar-refractivity contribution in [2.45, 2.75) is 76.9 Å². The first-order valence-electron chi connectivity index (χ1n) is 8.17. The van der Waals surface area contributed by atoms with Gasteiger partial charge in [0.25, 0.3) is 13.9 Å². The van der Waals surface area contributed by atoms with Gasteiger partial charge in [-0.25, -0.2) is 4.79 Å². The van der Waals surface area contributed by atoms with E-state index >= 15 is 0 Å². The Balaban J connectivity index is 2.46. The summed E-state index contributed by atoms with van der Waals surface area (Å²) in [6.45, 7) is 10.7. The van der Waals surface area contributed by atoms with Crippen molar-refractivity contribution in [1.82, 2.24) is 9.97 Å². The van der Waals surface area contributed by atoms with Gasteiger partial charge in [-0.3, -0.25) is 14.8 Å². The number of rotatable bonds is 3. The predicted octanol–water partition coefficient (Wildman–Crippen LogP) is 3.49. The lowest BCUT2D eigenvalue weighted by molar-refractivity contribution is 0.413. The Morgan fingerprint density at radius 2 is 1.64 bits per heavy atom. The predicted molar refractivity (Wildman–Crippen MR) is 91.3 cm³/mol. The van der Waals surface area contributed by atoms with E-state index in [0.29, 0.717) is 11.4 Å². The van der Waals surface area contributed by atoms with Crippen molar-refractivity contribution in [3.05, 3.63) is 26.4 Å². The summed E-state index contributed by atoms with van der Waals surface area (Å²) in [6, 6.07) is 0. The van der Waals surface area contributed by atoms with E-state index in [-0.39, 0.29) is 16.5 Å². The van der Waals surface area contributed by atoms with Crippen LogP contribution < -0.4 is 15.7 Å². The van der Waals surface area contributed by atoms with Crippen LogP contribution in [0.4, 0.5) is 0 Å². The zero-order valence-electron chi connectivity index (χ0n) is 14.3. The van der Waals surface area contributed by atoms with Gasteiger partial charge in [0.2, 0.25) is 0 Å². The molecule has 1 aromatic heterocycles. The van der Waals surface area contributed by atoms with E-state index in [0.717, 1.165) is 25.7 Å². The lowest BCUT2D eigenvalue weighted by Crippen LogP contribution is -2.45. The number of nitrogens with one attached hydrogen (secondary N) is 2. The Morgan fingerprint density at radius 1 is 1.05 bits per heavy atom. The molecular formula is C16H28N2O3Si. The molecule has 5 nitrogen and oxygen atoms in total. The third-order valence-electron chi connectivity index (χ3n) is 5.12. The van der Waals surface area contributed by atoms with E-state index in [2.05, 4.69) is 43.8 Å². The minimum atomic E-state index is -2.11. The molecule has 0 atom stereocenters. The Morgan fingerprint density at radius 3 is 2.18 bits per heavy atom. The lowest BCUT2D eigenvalue weighted by atomic mass is 9.85. The van der Waals surface area contributed by atoms with E-state index in [1.54, 1.807) is 0 Å². The highest BCUT2D eigenvalue weighted by Gasteiger charge is 2.40. The normalized spacial score (nSPS) is 17.5. The Hall–Kier alpha value is -1.30. The molecule has 124 valence electrons. The van der Waals surface area contributed by atoms with Gasteiger partial charge in [-0.05, 0) is 36.9 Å². The average molecular weight is 324 g/mol. The largest absolute Gasteiger partial charge is 0.531 e. The number of H-pyrrole nitrogens is 2. The van der Waals surface area contributed by atoms with Crippen LogP contribution in [0.2, 0.25) is 18.1 Å². The molecule has 22 heavy (non-hydrogen) atoms. The van der Waals surface area contributed by atoms with E-state index < -0.39 is 14.0 Å². The van der Waals surface area contributed by atoms with Crippen LogP contribution in [0.3, 0.4) is 0 Å². The van der Waals surface area contributed by atoms with Crippen molar-refractivity contribution in [2.24, 2.45) is 0 Å². The van der Waals surface area contributed by atoms with Crippen molar-refractivity contribution >= 4 is 8.32 Å². The molecule has 1 fully saturated rings. The third-order valence-corrected chi connectivity index (χ3v) is 9.45. The fourth-order valence-electron chi connectivity index (χ4n) is 2.73. The van der Waals surface area contributed by atoms with Gasteiger partial charge in [-0.2, -0.15) is 0 Å². The molecule has 0 saturated heterocycles. The number of hydrogen-bond donors (Lipinski definition) is 2. The molecule has 2 N–H and O–H groups in total. The SMILES string of the molecule is CC(C)(C)[Si](C)(C)Oc1[nH]c(=O)[nH]c(=O)c1C1CCCCC1. The van der Waals surface area contributed by atoms with E-state index in [1.165, 1.54) is 6.42 Å². The Labute approximate surface area is 132 Å². The summed E-state index contributed by atoms with van der Waals surface area (Å²) in [6.07, 6.45) is 5.45. The van der Waals surface area contributed by atoms with Crippen molar-refractivity contribution < 1.29 is 4.43 Å². The van der Waals surface area contributed by atoms with Crippen LogP contribution in [0.25, 0.3) is 0 Å². The van der Waals surface area contributed by atoms with Gasteiger partial charge >= 0.3 is 5.69 Å². The van der Waals surface area contributed by atoms with Gasteiger partial charge in [-0.1, -0.05) is 40.0 Å². The topological polar surface area (TPSA) is 75.0 Å². The van der Waals surface area contributed by atoms with Crippen LogP contribution in [0.1, 0.15) is 64.4 Å². The van der Waals surface area contributed by atoms with Gasteiger partial charge in [0.15, 0.2) is 5.88 Å². The zero-order valence-corrected chi connectivity index (χ0v) is 15.3. The van der Waals surface area contributed by atoms with Crippen LogP contribution in [0.15, 0.2) is 9.59 Å². The highest BCUT2D eigenvalue weighted by Crippen LogP contribution is 2.39. The van der Waals surface area contributed by atoms with Gasteiger partial charge in [-0.15, -0.1) is 0 Å². The maximum absolute atomic E-state index is 12.4. The fourth-order valence-corrected chi connectivity index (χ4v) is 3.70. The average Bonchev–Trinajstić information content (AvgIpc) is 2.37. The molecule has 0 spiro atoms. The molecule has 6 heteroatoms. The zero-order chi connectivity index (χ0) is 16.5. The van der Waals surface area contributed by atoms with Crippen LogP contribution >= 0.6 is 0 Å². The molecule has 0 aliphatic heterocycles. The number of hydrogen-bond acceptors (Lipinski definition) is 3. The summed E-state index contributed by atoms with van der Waals surface area (Å²) in [7, 11) is -2.11. The molecule has 1 saturated carbocycles. The molecule has 1 aliphatic carbocycles. The van der Waals surface area contributed by atoms with E-state index in [1.807, 2.05) is 0 Å². The first-order chi connectivity index (χ1) is 10.1. The minimum Gasteiger partial charge on any atom is -0.531 e. The maximum Gasteiger partial charge on any atom is 0.328 e. The van der Waals surface area contributed by atoms with E-state index in [9.17, 15) is 9.59 Å².